The fourth-order valence-corrected chi connectivity index (χ4v) is 3.63. The summed E-state index contributed by atoms with van der Waals surface area (Å²) in [6, 6.07) is 6.85. The van der Waals surface area contributed by atoms with E-state index < -0.39 is 5.60 Å². The van der Waals surface area contributed by atoms with Crippen LogP contribution in [0.4, 0.5) is 5.69 Å². The molecule has 0 saturated carbocycles. The molecule has 4 heteroatoms. The Morgan fingerprint density at radius 1 is 1.50 bits per heavy atom. The van der Waals surface area contributed by atoms with Gasteiger partial charge in [0.05, 0.1) is 5.60 Å². The number of nitrogens with zero attached hydrogens (tertiary/aromatic N) is 1. The van der Waals surface area contributed by atoms with E-state index in [4.69, 9.17) is 0 Å². The van der Waals surface area contributed by atoms with Gasteiger partial charge in [-0.3, -0.25) is 0 Å². The molecule has 0 spiro atoms. The minimum Gasteiger partial charge on any atom is -0.388 e. The van der Waals surface area contributed by atoms with Gasteiger partial charge >= 0.3 is 0 Å². The third-order valence-electron chi connectivity index (χ3n) is 4.00. The number of β-amino-alcohol motifs (C(OH)–C–C–N with tert-alkyl or cyclic N) is 1. The third-order valence-corrected chi connectivity index (χ3v) is 4.69. The molecule has 0 aromatic heterocycles. The van der Waals surface area contributed by atoms with Gasteiger partial charge in [-0.15, -0.1) is 0 Å². The summed E-state index contributed by atoms with van der Waals surface area (Å²) in [5.41, 5.74) is 1.89. The number of hydrogen-bond donors (Lipinski definition) is 2. The molecule has 1 fully saturated rings. The molecule has 1 saturated heterocycles. The standard InChI is InChI=1S/C16H25BrN2O/c1-4-18-12(2)14-7-6-13(10-15(14)17)19-9-5-8-16(3,20)11-19/h6-7,10,12,18,20H,4-5,8-9,11H2,1-3H3. The molecule has 3 nitrogen and oxygen atoms in total. The lowest BCUT2D eigenvalue weighted by Gasteiger charge is -2.38. The first-order chi connectivity index (χ1) is 9.43. The van der Waals surface area contributed by atoms with Crippen molar-refractivity contribution in [2.45, 2.75) is 45.3 Å². The molecule has 2 unspecified atom stereocenters. The van der Waals surface area contributed by atoms with E-state index in [9.17, 15) is 5.11 Å². The first-order valence-electron chi connectivity index (χ1n) is 7.43. The summed E-state index contributed by atoms with van der Waals surface area (Å²) in [5, 5.41) is 13.7. The van der Waals surface area contributed by atoms with Gasteiger partial charge in [0.2, 0.25) is 0 Å². The number of hydrogen-bond acceptors (Lipinski definition) is 3. The van der Waals surface area contributed by atoms with Crippen LogP contribution in [0.1, 0.15) is 45.2 Å². The van der Waals surface area contributed by atoms with E-state index >= 15 is 0 Å². The van der Waals surface area contributed by atoms with Crippen molar-refractivity contribution in [3.05, 3.63) is 28.2 Å². The largest absolute Gasteiger partial charge is 0.388 e. The number of piperidine rings is 1. The quantitative estimate of drug-likeness (QED) is 0.880. The van der Waals surface area contributed by atoms with Crippen LogP contribution in [0.2, 0.25) is 0 Å². The van der Waals surface area contributed by atoms with Crippen molar-refractivity contribution in [2.75, 3.05) is 24.5 Å². The highest BCUT2D eigenvalue weighted by Gasteiger charge is 2.28. The summed E-state index contributed by atoms with van der Waals surface area (Å²) < 4.78 is 1.13. The predicted octanol–water partition coefficient (Wildman–Crippen LogP) is 3.47. The van der Waals surface area contributed by atoms with Crippen LogP contribution in [0.5, 0.6) is 0 Å². The summed E-state index contributed by atoms with van der Waals surface area (Å²) in [6.45, 7) is 8.91. The van der Waals surface area contributed by atoms with Gasteiger partial charge < -0.3 is 15.3 Å². The molecule has 0 bridgehead atoms. The molecule has 0 aliphatic carbocycles. The SMILES string of the molecule is CCNC(C)c1ccc(N2CCCC(C)(O)C2)cc1Br. The van der Waals surface area contributed by atoms with E-state index in [1.807, 2.05) is 6.92 Å². The third kappa shape index (κ3) is 3.74. The predicted molar refractivity (Wildman–Crippen MR) is 88.3 cm³/mol. The van der Waals surface area contributed by atoms with Crippen LogP contribution in [0.25, 0.3) is 0 Å². The van der Waals surface area contributed by atoms with Crippen LogP contribution in [-0.2, 0) is 0 Å². The van der Waals surface area contributed by atoms with Crippen LogP contribution in [0.3, 0.4) is 0 Å². The van der Waals surface area contributed by atoms with Gasteiger partial charge in [0.1, 0.15) is 0 Å². The Kier molecular flexibility index (Phi) is 5.10. The van der Waals surface area contributed by atoms with Gasteiger partial charge in [0.15, 0.2) is 0 Å². The number of halogens is 1. The monoisotopic (exact) mass is 340 g/mol. The van der Waals surface area contributed by atoms with Gasteiger partial charge in [-0.25, -0.2) is 0 Å². The maximum absolute atomic E-state index is 10.2. The van der Waals surface area contributed by atoms with E-state index in [-0.39, 0.29) is 0 Å². The Morgan fingerprint density at radius 2 is 2.25 bits per heavy atom. The van der Waals surface area contributed by atoms with E-state index in [1.165, 1.54) is 11.3 Å². The van der Waals surface area contributed by atoms with Crippen LogP contribution < -0.4 is 10.2 Å². The zero-order valence-electron chi connectivity index (χ0n) is 12.6. The van der Waals surface area contributed by atoms with E-state index in [1.54, 1.807) is 0 Å². The second-order valence-electron chi connectivity index (χ2n) is 6.01. The van der Waals surface area contributed by atoms with Crippen molar-refractivity contribution < 1.29 is 5.11 Å². The number of rotatable bonds is 4. The summed E-state index contributed by atoms with van der Waals surface area (Å²) in [7, 11) is 0. The van der Waals surface area contributed by atoms with Crippen molar-refractivity contribution in [1.29, 1.82) is 0 Å². The lowest BCUT2D eigenvalue weighted by Crippen LogP contribution is -2.46. The molecule has 1 aromatic carbocycles. The first-order valence-corrected chi connectivity index (χ1v) is 8.22. The molecule has 2 N–H and O–H groups in total. The molecular formula is C16H25BrN2O. The molecule has 0 amide bonds. The van der Waals surface area contributed by atoms with Crippen molar-refractivity contribution in [1.82, 2.24) is 5.32 Å². The van der Waals surface area contributed by atoms with Gasteiger partial charge in [0.25, 0.3) is 0 Å². The highest BCUT2D eigenvalue weighted by molar-refractivity contribution is 9.10. The average molecular weight is 341 g/mol. The molecule has 1 aliphatic heterocycles. The summed E-state index contributed by atoms with van der Waals surface area (Å²) >= 11 is 3.68. The Labute approximate surface area is 130 Å². The summed E-state index contributed by atoms with van der Waals surface area (Å²) in [6.07, 6.45) is 1.93. The minimum absolute atomic E-state index is 0.341. The Hall–Kier alpha value is -0.580. The molecule has 20 heavy (non-hydrogen) atoms. The van der Waals surface area contributed by atoms with Crippen molar-refractivity contribution in [2.24, 2.45) is 0 Å². The molecule has 1 aromatic rings. The number of nitrogens with one attached hydrogen (secondary N) is 1. The zero-order chi connectivity index (χ0) is 14.8. The second kappa shape index (κ2) is 6.46. The van der Waals surface area contributed by atoms with Crippen LogP contribution in [0, 0.1) is 0 Å². The van der Waals surface area contributed by atoms with Crippen molar-refractivity contribution in [3.63, 3.8) is 0 Å². The Morgan fingerprint density at radius 3 is 2.85 bits per heavy atom. The van der Waals surface area contributed by atoms with Crippen LogP contribution in [0.15, 0.2) is 22.7 Å². The Balaban J connectivity index is 2.16. The minimum atomic E-state index is -0.569. The molecule has 2 rings (SSSR count). The van der Waals surface area contributed by atoms with Crippen LogP contribution >= 0.6 is 15.9 Å². The van der Waals surface area contributed by atoms with Gasteiger partial charge in [0, 0.05) is 29.3 Å². The fraction of sp³-hybridized carbons (Fsp3) is 0.625. The Bertz CT molecular complexity index is 462. The van der Waals surface area contributed by atoms with E-state index in [0.29, 0.717) is 12.6 Å². The number of aliphatic hydroxyl groups is 1. The highest BCUT2D eigenvalue weighted by atomic mass is 79.9. The molecule has 0 radical (unpaired) electrons. The van der Waals surface area contributed by atoms with E-state index in [2.05, 4.69) is 58.2 Å². The second-order valence-corrected chi connectivity index (χ2v) is 6.86. The van der Waals surface area contributed by atoms with Gasteiger partial charge in [-0.1, -0.05) is 28.9 Å². The molecule has 2 atom stereocenters. The van der Waals surface area contributed by atoms with Gasteiger partial charge in [-0.2, -0.15) is 0 Å². The average Bonchev–Trinajstić information content (AvgIpc) is 2.37. The van der Waals surface area contributed by atoms with Crippen molar-refractivity contribution in [3.8, 4) is 0 Å². The zero-order valence-corrected chi connectivity index (χ0v) is 14.2. The fourth-order valence-electron chi connectivity index (χ4n) is 2.92. The van der Waals surface area contributed by atoms with Gasteiger partial charge in [-0.05, 0) is 50.9 Å². The first kappa shape index (κ1) is 15.8. The summed E-state index contributed by atoms with van der Waals surface area (Å²) in [5.74, 6) is 0. The topological polar surface area (TPSA) is 35.5 Å². The molecular weight excluding hydrogens is 316 g/mol. The highest BCUT2D eigenvalue weighted by Crippen LogP contribution is 2.31. The lowest BCUT2D eigenvalue weighted by atomic mass is 9.94. The smallest absolute Gasteiger partial charge is 0.0794 e. The van der Waals surface area contributed by atoms with Crippen LogP contribution in [-0.4, -0.2) is 30.3 Å². The number of anilines is 1. The van der Waals surface area contributed by atoms with E-state index in [0.717, 1.165) is 30.4 Å². The normalized spacial score (nSPS) is 24.8. The number of benzene rings is 1. The lowest BCUT2D eigenvalue weighted by molar-refractivity contribution is 0.0449. The maximum atomic E-state index is 10.2. The molecule has 1 heterocycles. The molecule has 1 aliphatic rings. The van der Waals surface area contributed by atoms with Crippen molar-refractivity contribution >= 4 is 21.6 Å². The summed E-state index contributed by atoms with van der Waals surface area (Å²) in [4.78, 5) is 2.27. The molecule has 112 valence electrons. The maximum Gasteiger partial charge on any atom is 0.0794 e.